The second kappa shape index (κ2) is 10.9. The Kier molecular flexibility index (Phi) is 7.98. The molecule has 1 atom stereocenters. The number of nitrogens with one attached hydrogen (secondary N) is 1. The van der Waals surface area contributed by atoms with Crippen LogP contribution in [0.2, 0.25) is 0 Å². The van der Waals surface area contributed by atoms with E-state index in [0.29, 0.717) is 36.6 Å². The Hall–Kier alpha value is -2.71. The first kappa shape index (κ1) is 22.0. The molecule has 0 spiro atoms. The second-order valence-electron chi connectivity index (χ2n) is 6.87. The molecule has 30 heavy (non-hydrogen) atoms. The Morgan fingerprint density at radius 3 is 2.77 bits per heavy atom. The molecule has 160 valence electrons. The lowest BCUT2D eigenvalue weighted by molar-refractivity contribution is -0.128. The number of hydrogen-bond acceptors (Lipinski definition) is 6. The van der Waals surface area contributed by atoms with E-state index < -0.39 is 0 Å². The van der Waals surface area contributed by atoms with Crippen LogP contribution in [0.5, 0.6) is 11.5 Å². The number of rotatable bonds is 10. The molecule has 2 amide bonds. The van der Waals surface area contributed by atoms with Gasteiger partial charge in [-0.2, -0.15) is 0 Å². The molecular formula is C22H26N2O5S. The first-order valence-corrected chi connectivity index (χ1v) is 11.0. The van der Waals surface area contributed by atoms with E-state index in [2.05, 4.69) is 6.92 Å². The van der Waals surface area contributed by atoms with Crippen molar-refractivity contribution in [2.24, 2.45) is 0 Å². The highest BCUT2D eigenvalue weighted by Crippen LogP contribution is 2.24. The quantitative estimate of drug-likeness (QED) is 0.445. The van der Waals surface area contributed by atoms with Crippen molar-refractivity contribution in [2.75, 3.05) is 25.6 Å². The molecule has 0 saturated heterocycles. The lowest BCUT2D eigenvalue weighted by atomic mass is 10.1. The Morgan fingerprint density at radius 2 is 2.03 bits per heavy atom. The highest BCUT2D eigenvalue weighted by atomic mass is 32.2. The fourth-order valence-electron chi connectivity index (χ4n) is 3.08. The van der Waals surface area contributed by atoms with Gasteiger partial charge in [0.15, 0.2) is 6.73 Å². The molecule has 2 aromatic rings. The van der Waals surface area contributed by atoms with Gasteiger partial charge in [-0.05, 0) is 48.4 Å². The molecule has 0 bridgehead atoms. The maximum absolute atomic E-state index is 12.5. The third-order valence-electron chi connectivity index (χ3n) is 4.68. The average molecular weight is 431 g/mol. The summed E-state index contributed by atoms with van der Waals surface area (Å²) in [4.78, 5) is 25.9. The highest BCUT2D eigenvalue weighted by Gasteiger charge is 2.24. The summed E-state index contributed by atoms with van der Waals surface area (Å²) in [5.74, 6) is 1.70. The summed E-state index contributed by atoms with van der Waals surface area (Å²) in [6, 6.07) is 14.7. The van der Waals surface area contributed by atoms with Crippen LogP contribution in [-0.4, -0.2) is 52.8 Å². The van der Waals surface area contributed by atoms with Gasteiger partial charge in [0.1, 0.15) is 18.1 Å². The van der Waals surface area contributed by atoms with Crippen LogP contribution in [0.1, 0.15) is 29.3 Å². The lowest BCUT2D eigenvalue weighted by Crippen LogP contribution is -2.40. The topological polar surface area (TPSA) is 88.1 Å². The van der Waals surface area contributed by atoms with E-state index in [1.807, 2.05) is 36.4 Å². The Bertz CT molecular complexity index is 859. The molecule has 0 saturated carbocycles. The summed E-state index contributed by atoms with van der Waals surface area (Å²) in [6.45, 7) is 3.02. The number of amides is 2. The van der Waals surface area contributed by atoms with Gasteiger partial charge in [0, 0.05) is 0 Å². The fraction of sp³-hybridized carbons (Fsp3) is 0.364. The molecule has 2 N–H and O–H groups in total. The standard InChI is InChI=1S/C22H26N2O5S/c1-2-13-30-20(21(25)23-27)14-16-7-9-17(10-8-16)28-12-11-24-15-29-19-6-4-3-5-18(19)22(24)26/h3-10,20,27H,2,11-15H2,1H3,(H,23,25). The van der Waals surface area contributed by atoms with Crippen molar-refractivity contribution in [3.05, 3.63) is 59.7 Å². The summed E-state index contributed by atoms with van der Waals surface area (Å²) in [6.07, 6.45) is 1.49. The number of hydrogen-bond donors (Lipinski definition) is 2. The van der Waals surface area contributed by atoms with Gasteiger partial charge >= 0.3 is 0 Å². The molecule has 2 aromatic carbocycles. The lowest BCUT2D eigenvalue weighted by Gasteiger charge is -2.28. The zero-order chi connectivity index (χ0) is 21.3. The van der Waals surface area contributed by atoms with E-state index in [0.717, 1.165) is 17.7 Å². The van der Waals surface area contributed by atoms with Crippen molar-refractivity contribution in [1.82, 2.24) is 10.4 Å². The maximum atomic E-state index is 12.5. The van der Waals surface area contributed by atoms with Gasteiger partial charge in [-0.15, -0.1) is 11.8 Å². The van der Waals surface area contributed by atoms with Crippen molar-refractivity contribution < 1.29 is 24.3 Å². The number of carbonyl (C=O) groups excluding carboxylic acids is 2. The Morgan fingerprint density at radius 1 is 1.27 bits per heavy atom. The molecule has 8 heteroatoms. The van der Waals surface area contributed by atoms with E-state index in [9.17, 15) is 9.59 Å². The first-order valence-electron chi connectivity index (χ1n) is 9.90. The molecule has 3 rings (SSSR count). The number of benzene rings is 2. The van der Waals surface area contributed by atoms with Gasteiger partial charge in [0.05, 0.1) is 17.4 Å². The van der Waals surface area contributed by atoms with Crippen LogP contribution in [0.25, 0.3) is 0 Å². The van der Waals surface area contributed by atoms with Crippen molar-refractivity contribution in [3.63, 3.8) is 0 Å². The normalized spacial score (nSPS) is 13.9. The first-order chi connectivity index (χ1) is 14.6. The Labute approximate surface area is 180 Å². The molecule has 1 heterocycles. The van der Waals surface area contributed by atoms with Crippen LogP contribution in [0.15, 0.2) is 48.5 Å². The largest absolute Gasteiger partial charge is 0.492 e. The molecule has 0 aromatic heterocycles. The monoisotopic (exact) mass is 430 g/mol. The average Bonchev–Trinajstić information content (AvgIpc) is 2.78. The molecule has 1 aliphatic heterocycles. The molecule has 7 nitrogen and oxygen atoms in total. The number of para-hydroxylation sites is 1. The Balaban J connectivity index is 1.49. The zero-order valence-corrected chi connectivity index (χ0v) is 17.7. The van der Waals surface area contributed by atoms with Gasteiger partial charge in [0.2, 0.25) is 0 Å². The predicted octanol–water partition coefficient (Wildman–Crippen LogP) is 3.12. The van der Waals surface area contributed by atoms with Gasteiger partial charge in [-0.3, -0.25) is 14.8 Å². The van der Waals surface area contributed by atoms with Crippen LogP contribution >= 0.6 is 11.8 Å². The van der Waals surface area contributed by atoms with Gasteiger partial charge in [-0.25, -0.2) is 5.48 Å². The summed E-state index contributed by atoms with van der Waals surface area (Å²) in [5, 5.41) is 8.60. The number of hydroxylamine groups is 1. The van der Waals surface area contributed by atoms with E-state index in [4.69, 9.17) is 14.7 Å². The van der Waals surface area contributed by atoms with E-state index in [1.54, 1.807) is 22.5 Å². The summed E-state index contributed by atoms with van der Waals surface area (Å²) < 4.78 is 11.4. The second-order valence-corrected chi connectivity index (χ2v) is 8.18. The number of ether oxygens (including phenoxy) is 2. The van der Waals surface area contributed by atoms with Crippen LogP contribution in [0.3, 0.4) is 0 Å². The summed E-state index contributed by atoms with van der Waals surface area (Å²) in [7, 11) is 0. The van der Waals surface area contributed by atoms with E-state index in [1.165, 1.54) is 11.8 Å². The third kappa shape index (κ3) is 5.67. The van der Waals surface area contributed by atoms with Crippen molar-refractivity contribution in [1.29, 1.82) is 0 Å². The minimum Gasteiger partial charge on any atom is -0.492 e. The fourth-order valence-corrected chi connectivity index (χ4v) is 4.12. The van der Waals surface area contributed by atoms with Gasteiger partial charge in [0.25, 0.3) is 11.8 Å². The van der Waals surface area contributed by atoms with E-state index in [-0.39, 0.29) is 23.8 Å². The molecule has 1 unspecified atom stereocenters. The SMILES string of the molecule is CCCSC(Cc1ccc(OCCN2COc3ccccc3C2=O)cc1)C(=O)NO. The number of nitrogens with zero attached hydrogens (tertiary/aromatic N) is 1. The summed E-state index contributed by atoms with van der Waals surface area (Å²) >= 11 is 1.53. The van der Waals surface area contributed by atoms with E-state index >= 15 is 0 Å². The van der Waals surface area contributed by atoms with Crippen LogP contribution < -0.4 is 15.0 Å². The predicted molar refractivity (Wildman–Crippen MR) is 115 cm³/mol. The molecule has 0 radical (unpaired) electrons. The minimum atomic E-state index is -0.385. The van der Waals surface area contributed by atoms with Gasteiger partial charge < -0.3 is 14.4 Å². The minimum absolute atomic E-state index is 0.0615. The molecule has 0 fully saturated rings. The number of fused-ring (bicyclic) bond motifs is 1. The van der Waals surface area contributed by atoms with Crippen LogP contribution in [0, 0.1) is 0 Å². The van der Waals surface area contributed by atoms with Crippen LogP contribution in [0.4, 0.5) is 0 Å². The number of thioether (sulfide) groups is 1. The van der Waals surface area contributed by atoms with Crippen molar-refractivity contribution in [2.45, 2.75) is 25.0 Å². The van der Waals surface area contributed by atoms with Gasteiger partial charge in [-0.1, -0.05) is 31.2 Å². The molecular weight excluding hydrogens is 404 g/mol. The zero-order valence-electron chi connectivity index (χ0n) is 16.9. The van der Waals surface area contributed by atoms with Crippen LogP contribution in [-0.2, 0) is 11.2 Å². The highest BCUT2D eigenvalue weighted by molar-refractivity contribution is 8.00. The van der Waals surface area contributed by atoms with Crippen molar-refractivity contribution in [3.8, 4) is 11.5 Å². The number of carbonyl (C=O) groups is 2. The smallest absolute Gasteiger partial charge is 0.260 e. The maximum Gasteiger partial charge on any atom is 0.260 e. The summed E-state index contributed by atoms with van der Waals surface area (Å²) in [5.41, 5.74) is 3.30. The molecule has 0 aliphatic carbocycles. The van der Waals surface area contributed by atoms with Crippen molar-refractivity contribution >= 4 is 23.6 Å². The third-order valence-corrected chi connectivity index (χ3v) is 6.11. The molecule has 1 aliphatic rings.